The third-order valence-electron chi connectivity index (χ3n) is 3.80. The van der Waals surface area contributed by atoms with E-state index in [2.05, 4.69) is 31.6 Å². The van der Waals surface area contributed by atoms with Gasteiger partial charge in [0.1, 0.15) is 0 Å². The predicted molar refractivity (Wildman–Crippen MR) is 112 cm³/mol. The van der Waals surface area contributed by atoms with E-state index in [1.807, 2.05) is 56.3 Å². The van der Waals surface area contributed by atoms with E-state index in [1.165, 1.54) is 0 Å². The van der Waals surface area contributed by atoms with E-state index < -0.39 is 0 Å². The zero-order chi connectivity index (χ0) is 19.2. The Hall–Kier alpha value is -2.32. The summed E-state index contributed by atoms with van der Waals surface area (Å²) in [6, 6.07) is 13.9. The molecule has 142 valence electrons. The second-order valence-corrected chi connectivity index (χ2v) is 6.90. The first-order valence-electron chi connectivity index (χ1n) is 8.68. The van der Waals surface area contributed by atoms with Crippen LogP contribution < -0.4 is 14.9 Å². The van der Waals surface area contributed by atoms with Crippen molar-refractivity contribution in [1.82, 2.24) is 14.9 Å². The standard InChI is InChI=1S/C19H21BrN4O2S/c1-3-25-16-11-13(10-15(20)17(16)26-4-2)12-21-24-18(22-23-19(24)27)14-8-6-5-7-9-14/h5-11,21H,3-4,12H2,1-2H3,(H,23,27). The number of H-pyrrole nitrogens is 1. The summed E-state index contributed by atoms with van der Waals surface area (Å²) in [5.41, 5.74) is 5.32. The van der Waals surface area contributed by atoms with E-state index >= 15 is 0 Å². The molecule has 3 aromatic rings. The Balaban J connectivity index is 1.86. The van der Waals surface area contributed by atoms with Crippen molar-refractivity contribution in [2.45, 2.75) is 20.4 Å². The Morgan fingerprint density at radius 1 is 1.15 bits per heavy atom. The SMILES string of the molecule is CCOc1cc(CNn2c(-c3ccccc3)n[nH]c2=S)cc(Br)c1OCC. The van der Waals surface area contributed by atoms with Crippen LogP contribution in [0.1, 0.15) is 19.4 Å². The van der Waals surface area contributed by atoms with Crippen LogP contribution in [0.15, 0.2) is 46.9 Å². The van der Waals surface area contributed by atoms with Crippen molar-refractivity contribution in [2.24, 2.45) is 0 Å². The average Bonchev–Trinajstić information content (AvgIpc) is 3.04. The Morgan fingerprint density at radius 2 is 1.89 bits per heavy atom. The topological polar surface area (TPSA) is 64.1 Å². The van der Waals surface area contributed by atoms with Crippen LogP contribution >= 0.6 is 28.1 Å². The van der Waals surface area contributed by atoms with Crippen LogP contribution in [0.4, 0.5) is 0 Å². The molecule has 0 aliphatic heterocycles. The lowest BCUT2D eigenvalue weighted by Crippen LogP contribution is -2.16. The van der Waals surface area contributed by atoms with Gasteiger partial charge < -0.3 is 14.9 Å². The molecule has 0 saturated heterocycles. The Bertz CT molecular complexity index is 956. The number of halogens is 1. The van der Waals surface area contributed by atoms with Crippen LogP contribution in [0.3, 0.4) is 0 Å². The molecule has 0 aliphatic carbocycles. The molecule has 0 bridgehead atoms. The summed E-state index contributed by atoms with van der Waals surface area (Å²) in [5.74, 6) is 2.16. The summed E-state index contributed by atoms with van der Waals surface area (Å²) in [7, 11) is 0. The van der Waals surface area contributed by atoms with Gasteiger partial charge in [-0.2, -0.15) is 5.10 Å². The highest BCUT2D eigenvalue weighted by molar-refractivity contribution is 9.10. The minimum absolute atomic E-state index is 0.504. The molecule has 2 N–H and O–H groups in total. The summed E-state index contributed by atoms with van der Waals surface area (Å²) in [5, 5.41) is 7.17. The fraction of sp³-hybridized carbons (Fsp3) is 0.263. The summed E-state index contributed by atoms with van der Waals surface area (Å²) in [6.45, 7) is 5.57. The largest absolute Gasteiger partial charge is 0.490 e. The molecule has 0 atom stereocenters. The number of hydrogen-bond acceptors (Lipinski definition) is 5. The van der Waals surface area contributed by atoms with Crippen LogP contribution in [0.5, 0.6) is 11.5 Å². The monoisotopic (exact) mass is 448 g/mol. The lowest BCUT2D eigenvalue weighted by Gasteiger charge is -2.16. The van der Waals surface area contributed by atoms with Gasteiger partial charge in [0.25, 0.3) is 0 Å². The van der Waals surface area contributed by atoms with Gasteiger partial charge in [0.15, 0.2) is 17.3 Å². The second kappa shape index (κ2) is 9.05. The molecule has 3 rings (SSSR count). The zero-order valence-corrected chi connectivity index (χ0v) is 17.6. The van der Waals surface area contributed by atoms with Crippen LogP contribution in [0.25, 0.3) is 11.4 Å². The molecule has 6 nitrogen and oxygen atoms in total. The second-order valence-electron chi connectivity index (χ2n) is 5.66. The van der Waals surface area contributed by atoms with Gasteiger partial charge in [-0.25, -0.2) is 9.77 Å². The first kappa shape index (κ1) is 19.4. The maximum atomic E-state index is 5.74. The van der Waals surface area contributed by atoms with Crippen molar-refractivity contribution in [1.29, 1.82) is 0 Å². The number of aromatic nitrogens is 3. The van der Waals surface area contributed by atoms with Gasteiger partial charge in [0.2, 0.25) is 4.77 Å². The van der Waals surface area contributed by atoms with Crippen LogP contribution in [0, 0.1) is 4.77 Å². The third-order valence-corrected chi connectivity index (χ3v) is 4.67. The highest BCUT2D eigenvalue weighted by Gasteiger charge is 2.13. The molecular formula is C19H21BrN4O2S. The molecule has 0 amide bonds. The van der Waals surface area contributed by atoms with Gasteiger partial charge in [0.05, 0.1) is 24.2 Å². The molecule has 0 unspecified atom stereocenters. The van der Waals surface area contributed by atoms with Gasteiger partial charge in [-0.05, 0) is 59.7 Å². The van der Waals surface area contributed by atoms with E-state index in [0.29, 0.717) is 36.0 Å². The molecule has 1 heterocycles. The smallest absolute Gasteiger partial charge is 0.214 e. The Kier molecular flexibility index (Phi) is 6.52. The fourth-order valence-corrected chi connectivity index (χ4v) is 3.47. The van der Waals surface area contributed by atoms with E-state index in [0.717, 1.165) is 21.4 Å². The van der Waals surface area contributed by atoms with Gasteiger partial charge in [-0.3, -0.25) is 0 Å². The summed E-state index contributed by atoms with van der Waals surface area (Å²) in [4.78, 5) is 0. The van der Waals surface area contributed by atoms with Gasteiger partial charge >= 0.3 is 0 Å². The quantitative estimate of drug-likeness (QED) is 0.479. The number of hydrogen-bond donors (Lipinski definition) is 2. The van der Waals surface area contributed by atoms with E-state index in [-0.39, 0.29) is 0 Å². The highest BCUT2D eigenvalue weighted by Crippen LogP contribution is 2.37. The van der Waals surface area contributed by atoms with Crippen LogP contribution in [-0.2, 0) is 6.54 Å². The summed E-state index contributed by atoms with van der Waals surface area (Å²) in [6.07, 6.45) is 0. The summed E-state index contributed by atoms with van der Waals surface area (Å²) < 4.78 is 14.6. The van der Waals surface area contributed by atoms with Crippen molar-refractivity contribution in [3.63, 3.8) is 0 Å². The molecule has 1 aromatic heterocycles. The zero-order valence-electron chi connectivity index (χ0n) is 15.2. The van der Waals surface area contributed by atoms with Crippen LogP contribution in [-0.4, -0.2) is 28.1 Å². The lowest BCUT2D eigenvalue weighted by molar-refractivity contribution is 0.286. The first-order chi connectivity index (χ1) is 13.1. The van der Waals surface area contributed by atoms with Crippen molar-refractivity contribution in [3.05, 3.63) is 57.3 Å². The highest BCUT2D eigenvalue weighted by atomic mass is 79.9. The lowest BCUT2D eigenvalue weighted by atomic mass is 10.2. The Labute approximate surface area is 171 Å². The van der Waals surface area contributed by atoms with E-state index in [9.17, 15) is 0 Å². The average molecular weight is 449 g/mol. The van der Waals surface area contributed by atoms with Crippen molar-refractivity contribution in [3.8, 4) is 22.9 Å². The third kappa shape index (κ3) is 4.51. The molecule has 0 saturated carbocycles. The number of aromatic amines is 1. The molecule has 2 aromatic carbocycles. The van der Waals surface area contributed by atoms with Gasteiger partial charge in [-0.15, -0.1) is 0 Å². The minimum atomic E-state index is 0.504. The Morgan fingerprint density at radius 3 is 2.59 bits per heavy atom. The van der Waals surface area contributed by atoms with E-state index in [4.69, 9.17) is 21.7 Å². The number of benzene rings is 2. The van der Waals surface area contributed by atoms with Crippen LogP contribution in [0.2, 0.25) is 0 Å². The number of ether oxygens (including phenoxy) is 2. The number of rotatable bonds is 8. The van der Waals surface area contributed by atoms with Crippen molar-refractivity contribution in [2.75, 3.05) is 18.6 Å². The fourth-order valence-electron chi connectivity index (χ4n) is 2.67. The molecule has 0 aliphatic rings. The number of nitrogens with zero attached hydrogens (tertiary/aromatic N) is 2. The first-order valence-corrected chi connectivity index (χ1v) is 9.88. The number of nitrogens with one attached hydrogen (secondary N) is 2. The van der Waals surface area contributed by atoms with Gasteiger partial charge in [0, 0.05) is 5.56 Å². The van der Waals surface area contributed by atoms with Gasteiger partial charge in [-0.1, -0.05) is 30.3 Å². The minimum Gasteiger partial charge on any atom is -0.490 e. The molecule has 0 spiro atoms. The van der Waals surface area contributed by atoms with E-state index in [1.54, 1.807) is 4.68 Å². The maximum Gasteiger partial charge on any atom is 0.214 e. The molecule has 0 radical (unpaired) electrons. The molecular weight excluding hydrogens is 428 g/mol. The molecule has 27 heavy (non-hydrogen) atoms. The summed E-state index contributed by atoms with van der Waals surface area (Å²) >= 11 is 8.94. The molecule has 0 fully saturated rings. The van der Waals surface area contributed by atoms with Crippen molar-refractivity contribution < 1.29 is 9.47 Å². The van der Waals surface area contributed by atoms with Crippen molar-refractivity contribution >= 4 is 28.1 Å². The normalized spacial score (nSPS) is 10.6. The molecule has 8 heteroatoms. The predicted octanol–water partition coefficient (Wildman–Crippen LogP) is 4.91. The maximum absolute atomic E-state index is 5.74.